The van der Waals surface area contributed by atoms with Gasteiger partial charge in [0.1, 0.15) is 12.4 Å². The summed E-state index contributed by atoms with van der Waals surface area (Å²) in [7, 11) is -3.65. The standard InChI is InChI=1S/C22H27ClN2O4S/c1-16-8-11-25(12-9-16)30(27,28)19-6-7-21(23)20(15-19)22(26)24-10-13-29-18-5-3-4-17(2)14-18/h3-7,14-16H,8-13H2,1-2H3,(H,24,26). The van der Waals surface area contributed by atoms with E-state index in [2.05, 4.69) is 12.2 Å². The molecule has 162 valence electrons. The van der Waals surface area contributed by atoms with Crippen molar-refractivity contribution in [2.45, 2.75) is 31.6 Å². The number of carbonyl (C=O) groups excluding carboxylic acids is 1. The Bertz CT molecular complexity index is 1000. The zero-order valence-electron chi connectivity index (χ0n) is 17.2. The van der Waals surface area contributed by atoms with E-state index in [1.54, 1.807) is 0 Å². The van der Waals surface area contributed by atoms with Gasteiger partial charge in [0.2, 0.25) is 10.0 Å². The summed E-state index contributed by atoms with van der Waals surface area (Å²) in [5.74, 6) is 0.813. The molecular formula is C22H27ClN2O4S. The Hall–Kier alpha value is -2.09. The average Bonchev–Trinajstić information content (AvgIpc) is 2.71. The summed E-state index contributed by atoms with van der Waals surface area (Å²) in [6.07, 6.45) is 1.67. The number of hydrogen-bond acceptors (Lipinski definition) is 4. The summed E-state index contributed by atoms with van der Waals surface area (Å²) < 4.78 is 33.0. The highest BCUT2D eigenvalue weighted by Gasteiger charge is 2.29. The molecule has 1 fully saturated rings. The Morgan fingerprint density at radius 2 is 1.93 bits per heavy atom. The van der Waals surface area contributed by atoms with Crippen molar-refractivity contribution < 1.29 is 17.9 Å². The number of amides is 1. The molecule has 0 bridgehead atoms. The summed E-state index contributed by atoms with van der Waals surface area (Å²) in [6.45, 7) is 5.63. The van der Waals surface area contributed by atoms with E-state index in [0.717, 1.165) is 24.2 Å². The van der Waals surface area contributed by atoms with Crippen LogP contribution in [0.3, 0.4) is 0 Å². The van der Waals surface area contributed by atoms with Crippen LogP contribution in [0.1, 0.15) is 35.7 Å². The number of halogens is 1. The van der Waals surface area contributed by atoms with Crippen molar-refractivity contribution in [2.24, 2.45) is 5.92 Å². The number of hydrogen-bond donors (Lipinski definition) is 1. The number of nitrogens with zero attached hydrogens (tertiary/aromatic N) is 1. The van der Waals surface area contributed by atoms with Gasteiger partial charge in [0.05, 0.1) is 22.0 Å². The number of ether oxygens (including phenoxy) is 1. The fraction of sp³-hybridized carbons (Fsp3) is 0.409. The van der Waals surface area contributed by atoms with Gasteiger partial charge in [-0.2, -0.15) is 4.31 Å². The van der Waals surface area contributed by atoms with Gasteiger partial charge in [-0.1, -0.05) is 30.7 Å². The lowest BCUT2D eigenvalue weighted by Crippen LogP contribution is -2.38. The maximum absolute atomic E-state index is 13.0. The molecular weight excluding hydrogens is 424 g/mol. The lowest BCUT2D eigenvalue weighted by Gasteiger charge is -2.29. The molecule has 2 aromatic rings. The lowest BCUT2D eigenvalue weighted by molar-refractivity contribution is 0.0947. The average molecular weight is 451 g/mol. The van der Waals surface area contributed by atoms with Gasteiger partial charge >= 0.3 is 0 Å². The van der Waals surface area contributed by atoms with Crippen LogP contribution in [0.15, 0.2) is 47.4 Å². The number of sulfonamides is 1. The topological polar surface area (TPSA) is 75.7 Å². The van der Waals surface area contributed by atoms with Crippen molar-refractivity contribution in [1.82, 2.24) is 9.62 Å². The van der Waals surface area contributed by atoms with Gasteiger partial charge in [0.25, 0.3) is 5.91 Å². The Morgan fingerprint density at radius 3 is 2.63 bits per heavy atom. The van der Waals surface area contributed by atoms with Crippen molar-refractivity contribution in [3.05, 3.63) is 58.6 Å². The van der Waals surface area contributed by atoms with Crippen LogP contribution < -0.4 is 10.1 Å². The van der Waals surface area contributed by atoms with Gasteiger partial charge in [0, 0.05) is 13.1 Å². The first kappa shape index (κ1) is 22.6. The third kappa shape index (κ3) is 5.53. The number of piperidine rings is 1. The van der Waals surface area contributed by atoms with E-state index in [0.29, 0.717) is 19.0 Å². The molecule has 3 rings (SSSR count). The predicted octanol–water partition coefficient (Wildman–Crippen LogP) is 3.88. The molecule has 0 atom stereocenters. The quantitative estimate of drug-likeness (QED) is 0.649. The molecule has 8 heteroatoms. The summed E-state index contributed by atoms with van der Waals surface area (Å²) in [4.78, 5) is 12.7. The maximum atomic E-state index is 13.0. The number of aryl methyl sites for hydroxylation is 1. The summed E-state index contributed by atoms with van der Waals surface area (Å²) in [5.41, 5.74) is 1.23. The minimum atomic E-state index is -3.65. The first-order valence-corrected chi connectivity index (χ1v) is 11.9. The zero-order valence-corrected chi connectivity index (χ0v) is 18.8. The molecule has 1 N–H and O–H groups in total. The van der Waals surface area contributed by atoms with Crippen LogP contribution >= 0.6 is 11.6 Å². The second kappa shape index (κ2) is 9.81. The highest BCUT2D eigenvalue weighted by atomic mass is 35.5. The molecule has 2 aromatic carbocycles. The lowest BCUT2D eigenvalue weighted by atomic mass is 10.0. The van der Waals surface area contributed by atoms with Crippen molar-refractivity contribution >= 4 is 27.5 Å². The predicted molar refractivity (Wildman–Crippen MR) is 118 cm³/mol. The monoisotopic (exact) mass is 450 g/mol. The molecule has 1 amide bonds. The molecule has 30 heavy (non-hydrogen) atoms. The highest BCUT2D eigenvalue weighted by Crippen LogP contribution is 2.26. The smallest absolute Gasteiger partial charge is 0.252 e. The van der Waals surface area contributed by atoms with Gasteiger partial charge in [0.15, 0.2) is 0 Å². The van der Waals surface area contributed by atoms with Crippen LogP contribution in [-0.2, 0) is 10.0 Å². The van der Waals surface area contributed by atoms with Crippen molar-refractivity contribution in [1.29, 1.82) is 0 Å². The van der Waals surface area contributed by atoms with E-state index in [-0.39, 0.29) is 28.6 Å². The summed E-state index contributed by atoms with van der Waals surface area (Å²) >= 11 is 6.17. The SMILES string of the molecule is Cc1cccc(OCCNC(=O)c2cc(S(=O)(=O)N3CCC(C)CC3)ccc2Cl)c1. The largest absolute Gasteiger partial charge is 0.492 e. The molecule has 1 aliphatic heterocycles. The minimum Gasteiger partial charge on any atom is -0.492 e. The Labute approximate surface area is 183 Å². The van der Waals surface area contributed by atoms with E-state index >= 15 is 0 Å². The van der Waals surface area contributed by atoms with Crippen LogP contribution in [0, 0.1) is 12.8 Å². The number of rotatable bonds is 7. The van der Waals surface area contributed by atoms with Crippen LogP contribution in [0.4, 0.5) is 0 Å². The normalized spacial score (nSPS) is 15.7. The second-order valence-corrected chi connectivity index (χ2v) is 9.99. The van der Waals surface area contributed by atoms with E-state index in [9.17, 15) is 13.2 Å². The maximum Gasteiger partial charge on any atom is 0.252 e. The van der Waals surface area contributed by atoms with Crippen molar-refractivity contribution in [3.63, 3.8) is 0 Å². The van der Waals surface area contributed by atoms with Gasteiger partial charge in [-0.05, 0) is 61.6 Å². The molecule has 6 nitrogen and oxygen atoms in total. The number of benzene rings is 2. The fourth-order valence-corrected chi connectivity index (χ4v) is 5.05. The molecule has 0 aromatic heterocycles. The van der Waals surface area contributed by atoms with E-state index < -0.39 is 15.9 Å². The Morgan fingerprint density at radius 1 is 1.20 bits per heavy atom. The summed E-state index contributed by atoms with van der Waals surface area (Å²) in [5, 5.41) is 2.94. The van der Waals surface area contributed by atoms with E-state index in [1.165, 1.54) is 22.5 Å². The molecule has 0 radical (unpaired) electrons. The molecule has 0 spiro atoms. The first-order chi connectivity index (χ1) is 14.3. The Balaban J connectivity index is 1.63. The second-order valence-electron chi connectivity index (χ2n) is 7.65. The van der Waals surface area contributed by atoms with Gasteiger partial charge < -0.3 is 10.1 Å². The van der Waals surface area contributed by atoms with Crippen molar-refractivity contribution in [2.75, 3.05) is 26.2 Å². The van der Waals surface area contributed by atoms with Crippen LogP contribution in [0.5, 0.6) is 5.75 Å². The first-order valence-electron chi connectivity index (χ1n) is 10.0. The van der Waals surface area contributed by atoms with E-state index in [4.69, 9.17) is 16.3 Å². The van der Waals surface area contributed by atoms with Gasteiger partial charge in [-0.15, -0.1) is 0 Å². The highest BCUT2D eigenvalue weighted by molar-refractivity contribution is 7.89. The third-order valence-corrected chi connectivity index (χ3v) is 7.43. The molecule has 1 saturated heterocycles. The zero-order chi connectivity index (χ0) is 21.7. The molecule has 0 aliphatic carbocycles. The van der Waals surface area contributed by atoms with Crippen LogP contribution in [0.25, 0.3) is 0 Å². The third-order valence-electron chi connectivity index (χ3n) is 5.21. The molecule has 1 aliphatic rings. The summed E-state index contributed by atoms with van der Waals surface area (Å²) in [6, 6.07) is 11.9. The molecule has 0 saturated carbocycles. The van der Waals surface area contributed by atoms with Gasteiger partial charge in [-0.3, -0.25) is 4.79 Å². The van der Waals surface area contributed by atoms with E-state index in [1.807, 2.05) is 31.2 Å². The minimum absolute atomic E-state index is 0.0858. The molecule has 0 unspecified atom stereocenters. The Kier molecular flexibility index (Phi) is 7.39. The fourth-order valence-electron chi connectivity index (χ4n) is 3.35. The van der Waals surface area contributed by atoms with Crippen molar-refractivity contribution in [3.8, 4) is 5.75 Å². The number of carbonyl (C=O) groups is 1. The van der Waals surface area contributed by atoms with Crippen LogP contribution in [0.2, 0.25) is 5.02 Å². The van der Waals surface area contributed by atoms with Crippen LogP contribution in [-0.4, -0.2) is 44.9 Å². The van der Waals surface area contributed by atoms with Gasteiger partial charge in [-0.25, -0.2) is 8.42 Å². The number of nitrogens with one attached hydrogen (secondary N) is 1. The molecule has 1 heterocycles.